The number of hydrogen-bond donors (Lipinski definition) is 0. The van der Waals surface area contributed by atoms with Gasteiger partial charge in [0.1, 0.15) is 0 Å². The first-order valence-corrected chi connectivity index (χ1v) is 7.07. The molecule has 1 fully saturated rings. The molecule has 0 aliphatic carbocycles. The van der Waals surface area contributed by atoms with Crippen LogP contribution in [-0.4, -0.2) is 17.3 Å². The molecule has 3 heteroatoms. The predicted molar refractivity (Wildman–Crippen MR) is 74.8 cm³/mol. The highest BCUT2D eigenvalue weighted by atomic mass is 79.9. The molecule has 0 aromatic heterocycles. The molecule has 2 atom stereocenters. The molecular formula is C14H18BrNO. The average molecular weight is 296 g/mol. The van der Waals surface area contributed by atoms with Gasteiger partial charge < -0.3 is 4.90 Å². The third kappa shape index (κ3) is 2.71. The number of rotatable bonds is 3. The van der Waals surface area contributed by atoms with E-state index in [0.717, 1.165) is 18.7 Å². The average Bonchev–Trinajstić information content (AvgIpc) is 2.68. The second kappa shape index (κ2) is 5.21. The van der Waals surface area contributed by atoms with E-state index in [4.69, 9.17) is 0 Å². The molecule has 2 unspecified atom stereocenters. The predicted octanol–water partition coefficient (Wildman–Crippen LogP) is 3.70. The Morgan fingerprint density at radius 1 is 1.41 bits per heavy atom. The zero-order valence-corrected chi connectivity index (χ0v) is 11.9. The minimum atomic E-state index is 0.211. The highest BCUT2D eigenvalue weighted by molar-refractivity contribution is 9.09. The molecule has 0 saturated carbocycles. The Morgan fingerprint density at radius 2 is 2.06 bits per heavy atom. The Kier molecular flexibility index (Phi) is 3.87. The maximum absolute atomic E-state index is 11.8. The van der Waals surface area contributed by atoms with Crippen molar-refractivity contribution in [2.75, 3.05) is 11.4 Å². The van der Waals surface area contributed by atoms with Gasteiger partial charge in [-0.1, -0.05) is 41.9 Å². The number of amides is 1. The summed E-state index contributed by atoms with van der Waals surface area (Å²) < 4.78 is 0. The molecule has 2 rings (SSSR count). The lowest BCUT2D eigenvalue weighted by molar-refractivity contribution is -0.117. The Balaban J connectivity index is 2.15. The lowest BCUT2D eigenvalue weighted by Gasteiger charge is -2.17. The maximum atomic E-state index is 11.8. The fourth-order valence-electron chi connectivity index (χ4n) is 2.13. The summed E-state index contributed by atoms with van der Waals surface area (Å²) in [6.07, 6.45) is 1.75. The summed E-state index contributed by atoms with van der Waals surface area (Å²) in [5.41, 5.74) is 2.36. The number of hydrogen-bond acceptors (Lipinski definition) is 1. The van der Waals surface area contributed by atoms with Crippen LogP contribution < -0.4 is 4.90 Å². The van der Waals surface area contributed by atoms with Crippen molar-refractivity contribution in [1.29, 1.82) is 0 Å². The van der Waals surface area contributed by atoms with Gasteiger partial charge in [0.25, 0.3) is 0 Å². The number of benzene rings is 1. The zero-order chi connectivity index (χ0) is 12.4. The van der Waals surface area contributed by atoms with Crippen molar-refractivity contribution >= 4 is 27.5 Å². The van der Waals surface area contributed by atoms with Crippen LogP contribution in [0.1, 0.15) is 38.2 Å². The minimum Gasteiger partial charge on any atom is -0.311 e. The normalized spacial score (nSPS) is 21.9. The molecule has 1 heterocycles. The Morgan fingerprint density at radius 3 is 2.53 bits per heavy atom. The van der Waals surface area contributed by atoms with E-state index < -0.39 is 0 Å². The van der Waals surface area contributed by atoms with Gasteiger partial charge in [0.05, 0.1) is 0 Å². The van der Waals surface area contributed by atoms with Gasteiger partial charge in [-0.05, 0) is 30.0 Å². The lowest BCUT2D eigenvalue weighted by atomic mass is 9.98. The summed E-state index contributed by atoms with van der Waals surface area (Å²) in [5.74, 6) is 0.797. The monoisotopic (exact) mass is 295 g/mol. The smallest absolute Gasteiger partial charge is 0.228 e. The molecule has 2 nitrogen and oxygen atoms in total. The van der Waals surface area contributed by atoms with E-state index in [2.05, 4.69) is 54.0 Å². The van der Waals surface area contributed by atoms with Gasteiger partial charge in [-0.15, -0.1) is 0 Å². The van der Waals surface area contributed by atoms with Crippen LogP contribution in [0, 0.1) is 0 Å². The summed E-state index contributed by atoms with van der Waals surface area (Å²) in [6.45, 7) is 5.20. The van der Waals surface area contributed by atoms with Crippen molar-refractivity contribution in [3.63, 3.8) is 0 Å². The van der Waals surface area contributed by atoms with Gasteiger partial charge in [0.2, 0.25) is 5.91 Å². The van der Waals surface area contributed by atoms with Gasteiger partial charge >= 0.3 is 0 Å². The number of carbonyl (C=O) groups is 1. The zero-order valence-electron chi connectivity index (χ0n) is 10.3. The van der Waals surface area contributed by atoms with E-state index in [-0.39, 0.29) is 5.91 Å². The lowest BCUT2D eigenvalue weighted by Crippen LogP contribution is -2.24. The van der Waals surface area contributed by atoms with Crippen LogP contribution in [0.4, 0.5) is 5.69 Å². The van der Waals surface area contributed by atoms with Crippen molar-refractivity contribution in [3.05, 3.63) is 29.8 Å². The van der Waals surface area contributed by atoms with E-state index in [9.17, 15) is 4.79 Å². The first kappa shape index (κ1) is 12.6. The van der Waals surface area contributed by atoms with Crippen LogP contribution in [-0.2, 0) is 4.79 Å². The standard InChI is InChI=1S/C14H18BrNO/c1-3-10(2)11-4-6-13(7-5-11)16-9-12(15)8-14(16)17/h4-7,10,12H,3,8-9H2,1-2H3. The third-order valence-electron chi connectivity index (χ3n) is 3.46. The molecule has 17 heavy (non-hydrogen) atoms. The molecule has 1 amide bonds. The second-order valence-electron chi connectivity index (χ2n) is 4.71. The molecule has 0 bridgehead atoms. The summed E-state index contributed by atoms with van der Waals surface area (Å²) in [6, 6.07) is 8.39. The van der Waals surface area contributed by atoms with Gasteiger partial charge in [-0.2, -0.15) is 0 Å². The molecule has 1 aromatic carbocycles. The van der Waals surface area contributed by atoms with Crippen LogP contribution in [0.15, 0.2) is 24.3 Å². The van der Waals surface area contributed by atoms with Crippen molar-refractivity contribution < 1.29 is 4.79 Å². The summed E-state index contributed by atoms with van der Waals surface area (Å²) in [4.78, 5) is 13.9. The number of nitrogens with zero attached hydrogens (tertiary/aromatic N) is 1. The largest absolute Gasteiger partial charge is 0.311 e. The summed E-state index contributed by atoms with van der Waals surface area (Å²) >= 11 is 3.50. The van der Waals surface area contributed by atoms with Gasteiger partial charge in [-0.3, -0.25) is 4.79 Å². The molecule has 92 valence electrons. The van der Waals surface area contributed by atoms with Crippen LogP contribution in [0.25, 0.3) is 0 Å². The molecule has 1 saturated heterocycles. The topological polar surface area (TPSA) is 20.3 Å². The SMILES string of the molecule is CCC(C)c1ccc(N2CC(Br)CC2=O)cc1. The van der Waals surface area contributed by atoms with Gasteiger partial charge in [0.15, 0.2) is 0 Å². The molecule has 0 N–H and O–H groups in total. The van der Waals surface area contributed by atoms with Gasteiger partial charge in [0, 0.05) is 23.5 Å². The third-order valence-corrected chi connectivity index (χ3v) is 4.08. The number of alkyl halides is 1. The van der Waals surface area contributed by atoms with Crippen LogP contribution in [0.2, 0.25) is 0 Å². The number of halogens is 1. The quantitative estimate of drug-likeness (QED) is 0.779. The molecule has 0 spiro atoms. The van der Waals surface area contributed by atoms with Crippen molar-refractivity contribution in [1.82, 2.24) is 0 Å². The molecule has 1 aliphatic rings. The molecule has 1 aliphatic heterocycles. The van der Waals surface area contributed by atoms with E-state index in [1.165, 1.54) is 5.56 Å². The van der Waals surface area contributed by atoms with Crippen molar-refractivity contribution in [3.8, 4) is 0 Å². The second-order valence-corrected chi connectivity index (χ2v) is 6.00. The Labute approximate surface area is 111 Å². The van der Waals surface area contributed by atoms with Crippen molar-refractivity contribution in [2.45, 2.75) is 37.4 Å². The Hall–Kier alpha value is -0.830. The fraction of sp³-hybridized carbons (Fsp3) is 0.500. The van der Waals surface area contributed by atoms with Crippen molar-refractivity contribution in [2.24, 2.45) is 0 Å². The highest BCUT2D eigenvalue weighted by Gasteiger charge is 2.28. The van der Waals surface area contributed by atoms with Crippen LogP contribution in [0.3, 0.4) is 0 Å². The van der Waals surface area contributed by atoms with E-state index in [1.807, 2.05) is 4.90 Å². The Bertz CT molecular complexity index is 401. The van der Waals surface area contributed by atoms with Gasteiger partial charge in [-0.25, -0.2) is 0 Å². The fourth-order valence-corrected chi connectivity index (χ4v) is 2.70. The molecular weight excluding hydrogens is 278 g/mol. The van der Waals surface area contributed by atoms with Crippen LogP contribution in [0.5, 0.6) is 0 Å². The number of anilines is 1. The van der Waals surface area contributed by atoms with E-state index in [0.29, 0.717) is 17.2 Å². The number of carbonyl (C=O) groups excluding carboxylic acids is 1. The first-order chi connectivity index (χ1) is 8.11. The first-order valence-electron chi connectivity index (χ1n) is 6.16. The van der Waals surface area contributed by atoms with E-state index >= 15 is 0 Å². The van der Waals surface area contributed by atoms with Crippen LogP contribution >= 0.6 is 15.9 Å². The maximum Gasteiger partial charge on any atom is 0.228 e. The molecule has 1 aromatic rings. The highest BCUT2D eigenvalue weighted by Crippen LogP contribution is 2.27. The summed E-state index contributed by atoms with van der Waals surface area (Å²) in [5, 5.41) is 0. The summed E-state index contributed by atoms with van der Waals surface area (Å²) in [7, 11) is 0. The minimum absolute atomic E-state index is 0.211. The van der Waals surface area contributed by atoms with E-state index in [1.54, 1.807) is 0 Å². The molecule has 0 radical (unpaired) electrons.